The summed E-state index contributed by atoms with van der Waals surface area (Å²) in [6.07, 6.45) is 1.71. The molecule has 28 heavy (non-hydrogen) atoms. The molecule has 4 heteroatoms. The molecular formula is C24H30N4. The molecule has 0 aromatic heterocycles. The van der Waals surface area contributed by atoms with E-state index in [9.17, 15) is 0 Å². The monoisotopic (exact) mass is 374 g/mol. The molecule has 0 aliphatic heterocycles. The van der Waals surface area contributed by atoms with E-state index in [4.69, 9.17) is 11.5 Å². The second-order valence-electron chi connectivity index (χ2n) is 7.21. The molecule has 4 nitrogen and oxygen atoms in total. The number of rotatable bonds is 10. The molecule has 3 rings (SSSR count). The number of anilines is 2. The van der Waals surface area contributed by atoms with Crippen LogP contribution in [0, 0.1) is 0 Å². The standard InChI is InChI=1S/C24H30N4/c25-21(15-19-9-3-1-4-10-19)17-27-23-13-7-8-14-24(23)28-18-22(26)16-20-11-5-2-6-12-20/h1-14,21-22,27-28H,15-18,25-26H2/t21-,22-/m0/s1. The van der Waals surface area contributed by atoms with Crippen LogP contribution in [0.1, 0.15) is 11.1 Å². The Morgan fingerprint density at radius 3 is 1.29 bits per heavy atom. The summed E-state index contributed by atoms with van der Waals surface area (Å²) in [6.45, 7) is 1.42. The van der Waals surface area contributed by atoms with Crippen molar-refractivity contribution >= 4 is 11.4 Å². The predicted molar refractivity (Wildman–Crippen MR) is 120 cm³/mol. The quantitative estimate of drug-likeness (QED) is 0.437. The van der Waals surface area contributed by atoms with Crippen LogP contribution in [0.3, 0.4) is 0 Å². The van der Waals surface area contributed by atoms with Crippen molar-refractivity contribution in [3.05, 3.63) is 96.1 Å². The first-order chi connectivity index (χ1) is 13.7. The highest BCUT2D eigenvalue weighted by Gasteiger charge is 2.08. The first kappa shape index (κ1) is 19.9. The Bertz CT molecular complexity index is 750. The fraction of sp³-hybridized carbons (Fsp3) is 0.250. The third-order valence-corrected chi connectivity index (χ3v) is 4.72. The first-order valence-corrected chi connectivity index (χ1v) is 9.86. The molecule has 0 aliphatic rings. The molecule has 146 valence electrons. The number of hydrogen-bond acceptors (Lipinski definition) is 4. The Morgan fingerprint density at radius 1 is 0.536 bits per heavy atom. The van der Waals surface area contributed by atoms with Crippen molar-refractivity contribution in [3.63, 3.8) is 0 Å². The van der Waals surface area contributed by atoms with Gasteiger partial charge in [-0.05, 0) is 36.1 Å². The molecule has 0 heterocycles. The zero-order valence-electron chi connectivity index (χ0n) is 16.2. The van der Waals surface area contributed by atoms with Gasteiger partial charge in [-0.1, -0.05) is 72.8 Å². The van der Waals surface area contributed by atoms with E-state index in [0.717, 1.165) is 24.2 Å². The molecule has 0 amide bonds. The van der Waals surface area contributed by atoms with Crippen molar-refractivity contribution in [2.75, 3.05) is 23.7 Å². The van der Waals surface area contributed by atoms with E-state index < -0.39 is 0 Å². The minimum atomic E-state index is 0.0517. The van der Waals surface area contributed by atoms with Gasteiger partial charge in [-0.25, -0.2) is 0 Å². The molecule has 0 unspecified atom stereocenters. The fourth-order valence-corrected chi connectivity index (χ4v) is 3.25. The smallest absolute Gasteiger partial charge is 0.0576 e. The second kappa shape index (κ2) is 10.5. The summed E-state index contributed by atoms with van der Waals surface area (Å²) in [7, 11) is 0. The van der Waals surface area contributed by atoms with Gasteiger partial charge >= 0.3 is 0 Å². The van der Waals surface area contributed by atoms with Crippen LogP contribution in [0.15, 0.2) is 84.9 Å². The van der Waals surface area contributed by atoms with Crippen molar-refractivity contribution in [2.24, 2.45) is 11.5 Å². The number of nitrogens with one attached hydrogen (secondary N) is 2. The number of nitrogens with two attached hydrogens (primary N) is 2. The number of hydrogen-bond donors (Lipinski definition) is 4. The molecule has 3 aromatic carbocycles. The van der Waals surface area contributed by atoms with Crippen LogP contribution in [-0.2, 0) is 12.8 Å². The van der Waals surface area contributed by atoms with Crippen molar-refractivity contribution in [1.29, 1.82) is 0 Å². The molecule has 2 atom stereocenters. The van der Waals surface area contributed by atoms with Gasteiger partial charge in [-0.2, -0.15) is 0 Å². The van der Waals surface area contributed by atoms with E-state index in [1.807, 2.05) is 48.5 Å². The van der Waals surface area contributed by atoms with Gasteiger partial charge in [0.2, 0.25) is 0 Å². The van der Waals surface area contributed by atoms with Gasteiger partial charge in [0.25, 0.3) is 0 Å². The van der Waals surface area contributed by atoms with E-state index in [1.165, 1.54) is 11.1 Å². The molecule has 0 saturated carbocycles. The van der Waals surface area contributed by atoms with Crippen LogP contribution in [0.25, 0.3) is 0 Å². The van der Waals surface area contributed by atoms with Gasteiger partial charge in [0.1, 0.15) is 0 Å². The topological polar surface area (TPSA) is 76.1 Å². The summed E-state index contributed by atoms with van der Waals surface area (Å²) in [6, 6.07) is 29.0. The normalized spacial score (nSPS) is 12.9. The molecular weight excluding hydrogens is 344 g/mol. The lowest BCUT2D eigenvalue weighted by Crippen LogP contribution is -2.32. The molecule has 0 saturated heterocycles. The Hall–Kier alpha value is -2.82. The molecule has 3 aromatic rings. The summed E-state index contributed by atoms with van der Waals surface area (Å²) in [5, 5.41) is 6.96. The van der Waals surface area contributed by atoms with Crippen LogP contribution in [0.4, 0.5) is 11.4 Å². The number of benzene rings is 3. The Balaban J connectivity index is 1.49. The number of para-hydroxylation sites is 2. The lowest BCUT2D eigenvalue weighted by Gasteiger charge is -2.19. The average molecular weight is 375 g/mol. The Labute approximate surface area is 168 Å². The van der Waals surface area contributed by atoms with Crippen LogP contribution in [0.2, 0.25) is 0 Å². The summed E-state index contributed by atoms with van der Waals surface area (Å²) >= 11 is 0. The van der Waals surface area contributed by atoms with E-state index in [0.29, 0.717) is 13.1 Å². The van der Waals surface area contributed by atoms with Gasteiger partial charge in [0.05, 0.1) is 11.4 Å². The average Bonchev–Trinajstić information content (AvgIpc) is 2.73. The molecule has 0 bridgehead atoms. The zero-order chi connectivity index (χ0) is 19.6. The summed E-state index contributed by atoms with van der Waals surface area (Å²) in [5.41, 5.74) is 17.2. The zero-order valence-corrected chi connectivity index (χ0v) is 16.2. The largest absolute Gasteiger partial charge is 0.382 e. The maximum absolute atomic E-state index is 6.31. The van der Waals surface area contributed by atoms with Crippen LogP contribution >= 0.6 is 0 Å². The summed E-state index contributed by atoms with van der Waals surface area (Å²) in [4.78, 5) is 0. The van der Waals surface area contributed by atoms with E-state index in [-0.39, 0.29) is 12.1 Å². The summed E-state index contributed by atoms with van der Waals surface area (Å²) < 4.78 is 0. The van der Waals surface area contributed by atoms with E-state index in [2.05, 4.69) is 47.0 Å². The minimum Gasteiger partial charge on any atom is -0.382 e. The molecule has 0 spiro atoms. The first-order valence-electron chi connectivity index (χ1n) is 9.86. The van der Waals surface area contributed by atoms with Gasteiger partial charge in [-0.15, -0.1) is 0 Å². The minimum absolute atomic E-state index is 0.0517. The van der Waals surface area contributed by atoms with Crippen molar-refractivity contribution < 1.29 is 0 Å². The van der Waals surface area contributed by atoms with Crippen LogP contribution in [0.5, 0.6) is 0 Å². The van der Waals surface area contributed by atoms with Crippen LogP contribution < -0.4 is 22.1 Å². The third kappa shape index (κ3) is 6.41. The lowest BCUT2D eigenvalue weighted by atomic mass is 10.1. The summed E-state index contributed by atoms with van der Waals surface area (Å²) in [5.74, 6) is 0. The predicted octanol–water partition coefficient (Wildman–Crippen LogP) is 3.65. The fourth-order valence-electron chi connectivity index (χ4n) is 3.25. The SMILES string of the molecule is N[C@H](CNc1ccccc1NC[C@@H](N)Cc1ccccc1)Cc1ccccc1. The molecule has 0 radical (unpaired) electrons. The second-order valence-corrected chi connectivity index (χ2v) is 7.21. The van der Waals surface area contributed by atoms with Gasteiger partial charge < -0.3 is 22.1 Å². The highest BCUT2D eigenvalue weighted by Crippen LogP contribution is 2.21. The molecule has 0 fully saturated rings. The lowest BCUT2D eigenvalue weighted by molar-refractivity contribution is 0.695. The van der Waals surface area contributed by atoms with Gasteiger partial charge in [0, 0.05) is 25.2 Å². The highest BCUT2D eigenvalue weighted by atomic mass is 15.0. The maximum Gasteiger partial charge on any atom is 0.0576 e. The molecule has 6 N–H and O–H groups in total. The van der Waals surface area contributed by atoms with E-state index >= 15 is 0 Å². The van der Waals surface area contributed by atoms with Gasteiger partial charge in [-0.3, -0.25) is 0 Å². The van der Waals surface area contributed by atoms with Crippen LogP contribution in [-0.4, -0.2) is 25.2 Å². The van der Waals surface area contributed by atoms with E-state index in [1.54, 1.807) is 0 Å². The van der Waals surface area contributed by atoms with Crippen molar-refractivity contribution in [2.45, 2.75) is 24.9 Å². The van der Waals surface area contributed by atoms with Gasteiger partial charge in [0.15, 0.2) is 0 Å². The Kier molecular flexibility index (Phi) is 7.47. The Morgan fingerprint density at radius 2 is 0.893 bits per heavy atom. The maximum atomic E-state index is 6.31. The highest BCUT2D eigenvalue weighted by molar-refractivity contribution is 5.68. The van der Waals surface area contributed by atoms with Crippen molar-refractivity contribution in [1.82, 2.24) is 0 Å². The molecule has 0 aliphatic carbocycles. The third-order valence-electron chi connectivity index (χ3n) is 4.72. The van der Waals surface area contributed by atoms with Crippen molar-refractivity contribution in [3.8, 4) is 0 Å².